The van der Waals surface area contributed by atoms with Gasteiger partial charge in [0.25, 0.3) is 0 Å². The largest absolute Gasteiger partial charge is 0.327 e. The van der Waals surface area contributed by atoms with E-state index in [9.17, 15) is 0 Å². The molecule has 0 aliphatic heterocycles. The molecule has 0 unspecified atom stereocenters. The molecule has 0 heterocycles. The van der Waals surface area contributed by atoms with Crippen LogP contribution in [0.5, 0.6) is 0 Å². The van der Waals surface area contributed by atoms with E-state index in [-0.39, 0.29) is 0 Å². The van der Waals surface area contributed by atoms with E-state index in [1.807, 2.05) is 0 Å². The van der Waals surface area contributed by atoms with Crippen molar-refractivity contribution in [1.82, 2.24) is 0 Å². The molecule has 0 bridgehead atoms. The normalized spacial score (nSPS) is 23.7. The van der Waals surface area contributed by atoms with Crippen LogP contribution in [0.15, 0.2) is 11.6 Å². The van der Waals surface area contributed by atoms with E-state index in [0.717, 1.165) is 12.8 Å². The maximum Gasteiger partial charge on any atom is 0.0113 e. The highest BCUT2D eigenvalue weighted by Crippen LogP contribution is 2.27. The van der Waals surface area contributed by atoms with Crippen molar-refractivity contribution in [2.45, 2.75) is 52.5 Å². The highest BCUT2D eigenvalue weighted by atomic mass is 14.7. The average molecular weight is 167 g/mol. The van der Waals surface area contributed by atoms with E-state index in [4.69, 9.17) is 5.73 Å². The van der Waals surface area contributed by atoms with Gasteiger partial charge in [-0.15, -0.1) is 0 Å². The first-order valence-electron chi connectivity index (χ1n) is 4.91. The van der Waals surface area contributed by atoms with Crippen molar-refractivity contribution in [1.29, 1.82) is 0 Å². The van der Waals surface area contributed by atoms with Gasteiger partial charge in [0.2, 0.25) is 0 Å². The summed E-state index contributed by atoms with van der Waals surface area (Å²) in [5.74, 6) is 0. The average Bonchev–Trinajstić information content (AvgIpc) is 1.81. The number of nitrogens with two attached hydrogens (primary N) is 1. The maximum absolute atomic E-state index is 5.69. The molecule has 0 atom stereocenters. The second-order valence-electron chi connectivity index (χ2n) is 5.13. The minimum absolute atomic E-state index is 0.464. The number of hydrogen-bond donors (Lipinski definition) is 1. The van der Waals surface area contributed by atoms with Crippen LogP contribution >= 0.6 is 0 Å². The van der Waals surface area contributed by atoms with Crippen LogP contribution in [0.4, 0.5) is 0 Å². The zero-order valence-electron chi connectivity index (χ0n) is 8.56. The van der Waals surface area contributed by atoms with Crippen molar-refractivity contribution in [2.24, 2.45) is 11.1 Å². The van der Waals surface area contributed by atoms with Gasteiger partial charge in [0.15, 0.2) is 0 Å². The Labute approximate surface area is 76.0 Å². The summed E-state index contributed by atoms with van der Waals surface area (Å²) in [6.45, 7) is 6.87. The Kier molecular flexibility index (Phi) is 2.94. The lowest BCUT2D eigenvalue weighted by Gasteiger charge is -2.26. The summed E-state index contributed by atoms with van der Waals surface area (Å²) < 4.78 is 0. The standard InChI is InChI=1S/C11H21N/c1-11(2,3)6-4-5-9-7-10(12)8-9/h5,10H,4,6-8,12H2,1-3H3. The lowest BCUT2D eigenvalue weighted by atomic mass is 9.84. The van der Waals surface area contributed by atoms with Crippen LogP contribution in [0.25, 0.3) is 0 Å². The van der Waals surface area contributed by atoms with Gasteiger partial charge in [-0.05, 0) is 31.1 Å². The third-order valence-corrected chi connectivity index (χ3v) is 2.38. The Morgan fingerprint density at radius 2 is 2.00 bits per heavy atom. The molecule has 1 nitrogen and oxygen atoms in total. The summed E-state index contributed by atoms with van der Waals surface area (Å²) in [6, 6.07) is 0.464. The predicted molar refractivity (Wildman–Crippen MR) is 54.0 cm³/mol. The van der Waals surface area contributed by atoms with Gasteiger partial charge in [0.05, 0.1) is 0 Å². The highest BCUT2D eigenvalue weighted by molar-refractivity contribution is 5.15. The Bertz CT molecular complexity index is 166. The first kappa shape index (κ1) is 9.79. The zero-order valence-corrected chi connectivity index (χ0v) is 8.56. The fourth-order valence-corrected chi connectivity index (χ4v) is 1.49. The van der Waals surface area contributed by atoms with E-state index in [2.05, 4.69) is 26.8 Å². The van der Waals surface area contributed by atoms with Crippen molar-refractivity contribution in [2.75, 3.05) is 0 Å². The van der Waals surface area contributed by atoms with Crippen LogP contribution in [-0.4, -0.2) is 6.04 Å². The van der Waals surface area contributed by atoms with Crippen LogP contribution in [0.3, 0.4) is 0 Å². The molecule has 12 heavy (non-hydrogen) atoms. The molecule has 1 aliphatic carbocycles. The van der Waals surface area contributed by atoms with Gasteiger partial charge in [-0.25, -0.2) is 0 Å². The fourth-order valence-electron chi connectivity index (χ4n) is 1.49. The van der Waals surface area contributed by atoms with Crippen molar-refractivity contribution < 1.29 is 0 Å². The maximum atomic E-state index is 5.69. The molecule has 0 amide bonds. The van der Waals surface area contributed by atoms with Gasteiger partial charge in [-0.2, -0.15) is 0 Å². The van der Waals surface area contributed by atoms with Gasteiger partial charge < -0.3 is 5.73 Å². The summed E-state index contributed by atoms with van der Waals surface area (Å²) in [6.07, 6.45) is 7.18. The van der Waals surface area contributed by atoms with E-state index in [0.29, 0.717) is 11.5 Å². The zero-order chi connectivity index (χ0) is 9.19. The molecule has 1 fully saturated rings. The third kappa shape index (κ3) is 3.40. The van der Waals surface area contributed by atoms with Gasteiger partial charge in [-0.1, -0.05) is 32.4 Å². The van der Waals surface area contributed by atoms with Crippen molar-refractivity contribution in [3.63, 3.8) is 0 Å². The molecule has 0 aromatic rings. The topological polar surface area (TPSA) is 26.0 Å². The predicted octanol–water partition coefficient (Wildman–Crippen LogP) is 2.86. The van der Waals surface area contributed by atoms with Crippen molar-refractivity contribution >= 4 is 0 Å². The van der Waals surface area contributed by atoms with Gasteiger partial charge in [0, 0.05) is 6.04 Å². The Morgan fingerprint density at radius 3 is 2.42 bits per heavy atom. The van der Waals surface area contributed by atoms with Gasteiger partial charge in [-0.3, -0.25) is 0 Å². The first-order chi connectivity index (χ1) is 5.47. The highest BCUT2D eigenvalue weighted by Gasteiger charge is 2.18. The minimum atomic E-state index is 0.464. The summed E-state index contributed by atoms with van der Waals surface area (Å²) in [5.41, 5.74) is 7.74. The number of allylic oxidation sites excluding steroid dienone is 1. The molecular formula is C11H21N. The molecule has 2 N–H and O–H groups in total. The number of rotatable bonds is 2. The molecule has 1 aliphatic rings. The quantitative estimate of drug-likeness (QED) is 0.629. The van der Waals surface area contributed by atoms with Crippen LogP contribution in [-0.2, 0) is 0 Å². The lowest BCUT2D eigenvalue weighted by Crippen LogP contribution is -2.30. The monoisotopic (exact) mass is 167 g/mol. The molecule has 1 heteroatoms. The van der Waals surface area contributed by atoms with Gasteiger partial charge in [0.1, 0.15) is 0 Å². The molecule has 0 spiro atoms. The summed E-state index contributed by atoms with van der Waals surface area (Å²) in [5, 5.41) is 0. The molecule has 0 aromatic heterocycles. The molecule has 0 radical (unpaired) electrons. The Hall–Kier alpha value is -0.300. The molecule has 1 rings (SSSR count). The molecule has 0 aromatic carbocycles. The first-order valence-corrected chi connectivity index (χ1v) is 4.91. The minimum Gasteiger partial charge on any atom is -0.327 e. The van der Waals surface area contributed by atoms with E-state index < -0.39 is 0 Å². The second-order valence-corrected chi connectivity index (χ2v) is 5.13. The van der Waals surface area contributed by atoms with Crippen molar-refractivity contribution in [3.05, 3.63) is 11.6 Å². The van der Waals surface area contributed by atoms with Crippen LogP contribution < -0.4 is 5.73 Å². The van der Waals surface area contributed by atoms with Crippen LogP contribution in [0, 0.1) is 5.41 Å². The molecule has 1 saturated carbocycles. The van der Waals surface area contributed by atoms with Crippen LogP contribution in [0.2, 0.25) is 0 Å². The number of hydrogen-bond acceptors (Lipinski definition) is 1. The smallest absolute Gasteiger partial charge is 0.0113 e. The van der Waals surface area contributed by atoms with E-state index in [1.165, 1.54) is 12.8 Å². The molecule has 0 saturated heterocycles. The van der Waals surface area contributed by atoms with Crippen LogP contribution in [0.1, 0.15) is 46.5 Å². The lowest BCUT2D eigenvalue weighted by molar-refractivity contribution is 0.380. The third-order valence-electron chi connectivity index (χ3n) is 2.38. The Morgan fingerprint density at radius 1 is 1.42 bits per heavy atom. The van der Waals surface area contributed by atoms with E-state index >= 15 is 0 Å². The van der Waals surface area contributed by atoms with Crippen molar-refractivity contribution in [3.8, 4) is 0 Å². The molecule has 70 valence electrons. The summed E-state index contributed by atoms with van der Waals surface area (Å²) in [7, 11) is 0. The SMILES string of the molecule is CC(C)(C)CCC=C1CC(N)C1. The second kappa shape index (κ2) is 3.61. The molecular weight excluding hydrogens is 146 g/mol. The summed E-state index contributed by atoms with van der Waals surface area (Å²) in [4.78, 5) is 0. The van der Waals surface area contributed by atoms with E-state index in [1.54, 1.807) is 5.57 Å². The van der Waals surface area contributed by atoms with Gasteiger partial charge >= 0.3 is 0 Å². The fraction of sp³-hybridized carbons (Fsp3) is 0.818. The summed E-state index contributed by atoms with van der Waals surface area (Å²) >= 11 is 0. The Balaban J connectivity index is 2.14.